The molecule has 0 aromatic heterocycles. The van der Waals surface area contributed by atoms with Gasteiger partial charge in [-0.15, -0.1) is 0 Å². The number of amides is 10. The molecular formula is C124H221N13O11. The molecule has 10 amide bonds. The molecule has 848 valence electrons. The van der Waals surface area contributed by atoms with Crippen molar-refractivity contribution < 1.29 is 52.7 Å². The van der Waals surface area contributed by atoms with Crippen molar-refractivity contribution in [3.05, 3.63) is 123 Å². The standard InChI is InChI=1S/3C14H26N2O.C13H23NO2.3C12H21NO.3C11H19NO/c3*1-12(2)13-7-5-10-16(11-13)14(17)8-6-9-15(3)4;1-11(2)12-6-4-8-14(10-12)13(15)7-5-9-16-3;3*1-4-6-12(14)13-8-5-7-11(9-13)10(2)3;3*1-4-11(13)12-7-5-6-10(8-12)9(2)3/h3*6,8,12-13H,5,7,9-11H2,1-4H3;5,7,11-12H,4,6,8-10H2,1-3H3;3*4,6,10-11H,5,7-9H2,1-3H3;3*4,9-10H,1,5-8H2,2-3H3/b3*8-6+;7-5+;3*6-4+;;;/t2*13-;;;2*11-;;2*10-;/m10..10.10./s1. The van der Waals surface area contributed by atoms with Gasteiger partial charge in [0.15, 0.2) is 0 Å². The molecular weight excluding hydrogens is 1850 g/mol. The number of carbonyl (C=O) groups excluding carboxylic acids is 10. The summed E-state index contributed by atoms with van der Waals surface area (Å²) in [6.45, 7) is 82.5. The molecule has 0 saturated carbocycles. The number of likely N-dealkylation sites (tertiary alicyclic amines) is 10. The maximum absolute atomic E-state index is 12.0. The highest BCUT2D eigenvalue weighted by Gasteiger charge is 2.34. The molecule has 0 radical (unpaired) electrons. The van der Waals surface area contributed by atoms with Gasteiger partial charge in [-0.2, -0.15) is 0 Å². The number of allylic oxidation sites excluding steroid dienone is 3. The molecule has 0 aromatic rings. The van der Waals surface area contributed by atoms with E-state index < -0.39 is 0 Å². The highest BCUT2D eigenvalue weighted by molar-refractivity contribution is 5.91. The second kappa shape index (κ2) is 79.0. The first-order valence-corrected chi connectivity index (χ1v) is 57.8. The van der Waals surface area contributed by atoms with Crippen molar-refractivity contribution in [1.29, 1.82) is 0 Å². The number of rotatable bonds is 28. The lowest BCUT2D eigenvalue weighted by molar-refractivity contribution is -0.128. The smallest absolute Gasteiger partial charge is 0.246 e. The molecule has 10 saturated heterocycles. The summed E-state index contributed by atoms with van der Waals surface area (Å²) in [4.78, 5) is 142. The molecule has 0 spiro atoms. The van der Waals surface area contributed by atoms with Crippen molar-refractivity contribution >= 4 is 59.1 Å². The van der Waals surface area contributed by atoms with Crippen LogP contribution >= 0.6 is 0 Å². The number of piperidine rings is 10. The molecule has 10 aliphatic heterocycles. The number of nitrogens with zero attached hydrogens (tertiary/aromatic N) is 13. The summed E-state index contributed by atoms with van der Waals surface area (Å²) in [6, 6.07) is 0. The van der Waals surface area contributed by atoms with Crippen molar-refractivity contribution in [3.8, 4) is 0 Å². The minimum atomic E-state index is 0.0883. The summed E-state index contributed by atoms with van der Waals surface area (Å²) in [5.41, 5.74) is 0. The van der Waals surface area contributed by atoms with Gasteiger partial charge < -0.3 is 68.4 Å². The lowest BCUT2D eigenvalue weighted by atomic mass is 9.88. The predicted octanol–water partition coefficient (Wildman–Crippen LogP) is 21.7. The number of carbonyl (C=O) groups is 10. The molecule has 0 N–H and O–H groups in total. The fourth-order valence-corrected chi connectivity index (χ4v) is 20.4. The average Bonchev–Trinajstić information content (AvgIpc) is 0.840. The maximum atomic E-state index is 12.0. The Kier molecular flexibility index (Phi) is 73.6. The second-order valence-electron chi connectivity index (χ2n) is 47.3. The van der Waals surface area contributed by atoms with Gasteiger partial charge in [-0.1, -0.05) is 201 Å². The molecule has 10 fully saturated rings. The summed E-state index contributed by atoms with van der Waals surface area (Å²) in [5.74, 6) is 15.1. The lowest BCUT2D eigenvalue weighted by Gasteiger charge is -2.34. The highest BCUT2D eigenvalue weighted by atomic mass is 16.5. The summed E-state index contributed by atoms with van der Waals surface area (Å²) in [5, 5.41) is 0. The van der Waals surface area contributed by atoms with Crippen molar-refractivity contribution in [1.82, 2.24) is 63.7 Å². The summed E-state index contributed by atoms with van der Waals surface area (Å²) >= 11 is 0. The number of hydrogen-bond acceptors (Lipinski definition) is 14. The van der Waals surface area contributed by atoms with Crippen LogP contribution in [0.25, 0.3) is 0 Å². The van der Waals surface area contributed by atoms with E-state index in [1.54, 1.807) is 55.7 Å². The first kappa shape index (κ1) is 138. The van der Waals surface area contributed by atoms with Crippen LogP contribution in [0.15, 0.2) is 123 Å². The van der Waals surface area contributed by atoms with E-state index in [4.69, 9.17) is 4.74 Å². The Hall–Kier alpha value is -8.06. The van der Waals surface area contributed by atoms with E-state index in [0.29, 0.717) is 125 Å². The van der Waals surface area contributed by atoms with Crippen LogP contribution < -0.4 is 0 Å². The fraction of sp³-hybridized carbons (Fsp3) is 0.758. The minimum Gasteiger partial charge on any atom is -0.381 e. The quantitative estimate of drug-likeness (QED) is 0.0665. The van der Waals surface area contributed by atoms with Crippen molar-refractivity contribution in [2.45, 2.75) is 288 Å². The third-order valence-electron chi connectivity index (χ3n) is 31.3. The van der Waals surface area contributed by atoms with Crippen molar-refractivity contribution in [2.24, 2.45) is 118 Å². The van der Waals surface area contributed by atoms with Crippen LogP contribution in [0.4, 0.5) is 0 Å². The normalized spacial score (nSPS) is 22.7. The van der Waals surface area contributed by atoms with Crippen LogP contribution in [0, 0.1) is 118 Å². The van der Waals surface area contributed by atoms with Crippen LogP contribution in [-0.4, -0.2) is 329 Å². The van der Waals surface area contributed by atoms with Crippen LogP contribution in [0.3, 0.4) is 0 Å². The van der Waals surface area contributed by atoms with Crippen molar-refractivity contribution in [2.75, 3.05) is 207 Å². The number of likely N-dealkylation sites (N-methyl/N-ethyl adjacent to an activating group) is 3. The monoisotopic (exact) mass is 2070 g/mol. The third kappa shape index (κ3) is 58.7. The molecule has 0 bridgehead atoms. The minimum absolute atomic E-state index is 0.0883. The average molecular weight is 2070 g/mol. The molecule has 24 nitrogen and oxygen atoms in total. The highest BCUT2D eigenvalue weighted by Crippen LogP contribution is 2.33. The molecule has 0 aromatic carbocycles. The van der Waals surface area contributed by atoms with E-state index in [1.165, 1.54) is 82.4 Å². The van der Waals surface area contributed by atoms with Gasteiger partial charge in [0.05, 0.1) is 6.61 Å². The Morgan fingerprint density at radius 3 is 0.473 bits per heavy atom. The number of hydrogen-bond donors (Lipinski definition) is 0. The van der Waals surface area contributed by atoms with Crippen LogP contribution in [-0.2, 0) is 52.7 Å². The molecule has 10 atom stereocenters. The Morgan fingerprint density at radius 2 is 0.358 bits per heavy atom. The van der Waals surface area contributed by atoms with E-state index in [9.17, 15) is 47.9 Å². The Labute approximate surface area is 905 Å². The van der Waals surface area contributed by atoms with Gasteiger partial charge in [0.1, 0.15) is 0 Å². The first-order valence-electron chi connectivity index (χ1n) is 57.8. The Balaban J connectivity index is 0.000000824. The topological polar surface area (TPSA) is 222 Å². The van der Waals surface area contributed by atoms with E-state index in [-0.39, 0.29) is 59.1 Å². The largest absolute Gasteiger partial charge is 0.381 e. The summed E-state index contributed by atoms with van der Waals surface area (Å²) in [7, 11) is 13.7. The van der Waals surface area contributed by atoms with Gasteiger partial charge in [0.2, 0.25) is 59.1 Å². The molecule has 148 heavy (non-hydrogen) atoms. The first-order chi connectivity index (χ1) is 70.0. The fourth-order valence-electron chi connectivity index (χ4n) is 20.4. The number of ether oxygens (including phenoxy) is 1. The number of methoxy groups -OCH3 is 1. The lowest BCUT2D eigenvalue weighted by Crippen LogP contribution is -2.40. The van der Waals surface area contributed by atoms with E-state index >= 15 is 0 Å². The molecule has 0 aliphatic carbocycles. The van der Waals surface area contributed by atoms with Crippen LogP contribution in [0.5, 0.6) is 0 Å². The predicted molar refractivity (Wildman–Crippen MR) is 621 cm³/mol. The summed E-state index contributed by atoms with van der Waals surface area (Å²) < 4.78 is 4.88. The van der Waals surface area contributed by atoms with Gasteiger partial charge in [-0.3, -0.25) is 47.9 Å². The van der Waals surface area contributed by atoms with Crippen molar-refractivity contribution in [3.63, 3.8) is 0 Å². The van der Waals surface area contributed by atoms with Gasteiger partial charge in [0.25, 0.3) is 0 Å². The molecule has 10 rings (SSSR count). The molecule has 4 unspecified atom stereocenters. The van der Waals surface area contributed by atoms with Gasteiger partial charge in [0, 0.05) is 182 Å². The summed E-state index contributed by atoms with van der Waals surface area (Å²) in [6.07, 6.45) is 53.3. The Morgan fingerprint density at radius 1 is 0.230 bits per heavy atom. The zero-order chi connectivity index (χ0) is 112. The molecule has 24 heteroatoms. The van der Waals surface area contributed by atoms with Crippen LogP contribution in [0.1, 0.15) is 288 Å². The van der Waals surface area contributed by atoms with Crippen LogP contribution in [0.2, 0.25) is 0 Å². The molecule has 10 heterocycles. The van der Waals surface area contributed by atoms with E-state index in [0.717, 1.165) is 215 Å². The SMILES string of the molecule is C/C=C/C(=O)N1CCCC(C(C)C)C1.C/C=C/C(=O)N1CCC[C@@H](C(C)C)C1.C/C=C/C(=O)N1CCC[C@H](C(C)C)C1.C=CC(=O)N1CCCC(C(C)C)C1.C=CC(=O)N1CCC[C@@H](C(C)C)C1.C=CC(=O)N1CCC[C@H](C(C)C)C1.CC(C)C1CCCN(C(=O)/C=C/CN(C)C)C1.CC(C)[C@@H]1CCCN(C(=O)/C=C/CN(C)C)C1.CC(C)[C@H]1CCCN(C(=O)/C=C/CN(C)C)C1.COC/C=C/C(=O)N1CCCC(C(C)C)C1. The van der Waals surface area contributed by atoms with Gasteiger partial charge in [-0.25, -0.2) is 0 Å². The van der Waals surface area contributed by atoms with E-state index in [2.05, 4.69) is 173 Å². The zero-order valence-corrected chi connectivity index (χ0v) is 99.9. The maximum Gasteiger partial charge on any atom is 0.246 e. The molecule has 10 aliphatic rings. The Bertz CT molecular complexity index is 3610. The zero-order valence-electron chi connectivity index (χ0n) is 99.9. The van der Waals surface area contributed by atoms with E-state index in [1.807, 2.05) is 149 Å². The van der Waals surface area contributed by atoms with Gasteiger partial charge in [-0.05, 0) is 346 Å². The third-order valence-corrected chi connectivity index (χ3v) is 31.3. The van der Waals surface area contributed by atoms with Gasteiger partial charge >= 0.3 is 0 Å². The second-order valence-corrected chi connectivity index (χ2v) is 47.3.